The summed E-state index contributed by atoms with van der Waals surface area (Å²) in [5, 5.41) is 9.35. The summed E-state index contributed by atoms with van der Waals surface area (Å²) >= 11 is 1.48. The van der Waals surface area contributed by atoms with Gasteiger partial charge in [-0.1, -0.05) is 6.07 Å². The average Bonchev–Trinajstić information content (AvgIpc) is 2.95. The third kappa shape index (κ3) is 4.41. The minimum absolute atomic E-state index is 0.0885. The molecule has 2 amide bonds. The van der Waals surface area contributed by atoms with Crippen LogP contribution in [0.4, 0.5) is 11.4 Å². The maximum absolute atomic E-state index is 12.0. The van der Waals surface area contributed by atoms with Crippen molar-refractivity contribution in [3.8, 4) is 0 Å². The first-order chi connectivity index (χ1) is 10.5. The molecule has 0 atom stereocenters. The maximum atomic E-state index is 12.0. The first-order valence-corrected chi connectivity index (χ1v) is 7.79. The number of likely N-dealkylation sites (N-methyl/N-ethyl adjacent to an activating group) is 1. The predicted octanol–water partition coefficient (Wildman–Crippen LogP) is 2.81. The summed E-state index contributed by atoms with van der Waals surface area (Å²) in [6.07, 6.45) is 0. The Kier molecular flexibility index (Phi) is 5.30. The third-order valence-corrected chi connectivity index (χ3v) is 3.70. The molecule has 0 spiro atoms. The van der Waals surface area contributed by atoms with Crippen LogP contribution >= 0.6 is 11.3 Å². The van der Waals surface area contributed by atoms with Gasteiger partial charge < -0.3 is 15.5 Å². The number of benzene rings is 1. The van der Waals surface area contributed by atoms with Crippen LogP contribution in [0, 0.1) is 6.92 Å². The fraction of sp³-hybridized carbons (Fsp3) is 0.250. The molecule has 0 radical (unpaired) electrons. The van der Waals surface area contributed by atoms with Crippen LogP contribution in [-0.2, 0) is 4.79 Å². The molecule has 1 heterocycles. The van der Waals surface area contributed by atoms with Gasteiger partial charge in [-0.15, -0.1) is 0 Å². The number of nitrogens with one attached hydrogen (secondary N) is 2. The molecule has 6 heteroatoms. The smallest absolute Gasteiger partial charge is 0.256 e. The third-order valence-electron chi connectivity index (χ3n) is 3.01. The van der Waals surface area contributed by atoms with E-state index >= 15 is 0 Å². The summed E-state index contributed by atoms with van der Waals surface area (Å²) in [5.41, 5.74) is 2.93. The molecule has 1 aromatic heterocycles. The van der Waals surface area contributed by atoms with E-state index in [9.17, 15) is 9.59 Å². The van der Waals surface area contributed by atoms with Crippen LogP contribution < -0.4 is 10.6 Å². The van der Waals surface area contributed by atoms with Gasteiger partial charge in [0.1, 0.15) is 0 Å². The van der Waals surface area contributed by atoms with Crippen molar-refractivity contribution in [2.24, 2.45) is 0 Å². The lowest BCUT2D eigenvalue weighted by atomic mass is 10.1. The van der Waals surface area contributed by atoms with E-state index in [2.05, 4.69) is 10.6 Å². The normalized spacial score (nSPS) is 10.5. The zero-order valence-corrected chi connectivity index (χ0v) is 13.7. The van der Waals surface area contributed by atoms with Crippen molar-refractivity contribution >= 4 is 34.5 Å². The lowest BCUT2D eigenvalue weighted by Crippen LogP contribution is -2.27. The fourth-order valence-corrected chi connectivity index (χ4v) is 2.54. The molecule has 0 aliphatic heterocycles. The standard InChI is InChI=1S/C16H19N3O2S/c1-11-4-5-13(17-16(21)12-6-7-22-10-12)8-14(11)18-15(20)9-19(2)3/h4-8,10H,9H2,1-3H3,(H,17,21)(H,18,20). The van der Waals surface area contributed by atoms with Crippen molar-refractivity contribution < 1.29 is 9.59 Å². The number of carbonyl (C=O) groups is 2. The zero-order valence-electron chi connectivity index (χ0n) is 12.8. The SMILES string of the molecule is Cc1ccc(NC(=O)c2ccsc2)cc1NC(=O)CN(C)C. The summed E-state index contributed by atoms with van der Waals surface area (Å²) in [6.45, 7) is 2.22. The number of amides is 2. The topological polar surface area (TPSA) is 61.4 Å². The number of thiophene rings is 1. The highest BCUT2D eigenvalue weighted by atomic mass is 32.1. The molecule has 0 aliphatic rings. The first kappa shape index (κ1) is 16.2. The van der Waals surface area contributed by atoms with Gasteiger partial charge in [-0.2, -0.15) is 11.3 Å². The largest absolute Gasteiger partial charge is 0.325 e. The molecule has 0 saturated carbocycles. The molecule has 2 N–H and O–H groups in total. The van der Waals surface area contributed by atoms with Gasteiger partial charge in [-0.05, 0) is 50.2 Å². The second kappa shape index (κ2) is 7.20. The molecule has 0 saturated heterocycles. The summed E-state index contributed by atoms with van der Waals surface area (Å²) in [7, 11) is 3.67. The Balaban J connectivity index is 2.09. The lowest BCUT2D eigenvalue weighted by molar-refractivity contribution is -0.116. The molecule has 22 heavy (non-hydrogen) atoms. The van der Waals surface area contributed by atoms with Crippen LogP contribution in [0.2, 0.25) is 0 Å². The molecule has 2 rings (SSSR count). The highest BCUT2D eigenvalue weighted by Gasteiger charge is 2.09. The van der Waals surface area contributed by atoms with E-state index in [0.29, 0.717) is 23.5 Å². The van der Waals surface area contributed by atoms with Gasteiger partial charge >= 0.3 is 0 Å². The summed E-state index contributed by atoms with van der Waals surface area (Å²) < 4.78 is 0. The Labute approximate surface area is 134 Å². The Morgan fingerprint density at radius 3 is 2.59 bits per heavy atom. The minimum Gasteiger partial charge on any atom is -0.325 e. The number of hydrogen-bond donors (Lipinski definition) is 2. The van der Waals surface area contributed by atoms with E-state index in [1.165, 1.54) is 11.3 Å². The van der Waals surface area contributed by atoms with Crippen molar-refractivity contribution in [2.45, 2.75) is 6.92 Å². The Morgan fingerprint density at radius 2 is 1.95 bits per heavy atom. The Hall–Kier alpha value is -2.18. The van der Waals surface area contributed by atoms with Gasteiger partial charge in [-0.25, -0.2) is 0 Å². The van der Waals surface area contributed by atoms with Crippen molar-refractivity contribution in [1.29, 1.82) is 0 Å². The lowest BCUT2D eigenvalue weighted by Gasteiger charge is -2.13. The van der Waals surface area contributed by atoms with Crippen LogP contribution in [0.15, 0.2) is 35.0 Å². The molecule has 0 unspecified atom stereocenters. The van der Waals surface area contributed by atoms with Gasteiger partial charge in [0.15, 0.2) is 0 Å². The second-order valence-electron chi connectivity index (χ2n) is 5.28. The number of aryl methyl sites for hydroxylation is 1. The minimum atomic E-state index is -0.157. The molecule has 0 fully saturated rings. The van der Waals surface area contributed by atoms with E-state index < -0.39 is 0 Å². The Morgan fingerprint density at radius 1 is 1.18 bits per heavy atom. The van der Waals surface area contributed by atoms with Crippen LogP contribution in [0.25, 0.3) is 0 Å². The number of rotatable bonds is 5. The van der Waals surface area contributed by atoms with Crippen LogP contribution in [-0.4, -0.2) is 37.4 Å². The molecule has 116 valence electrons. The summed E-state index contributed by atoms with van der Waals surface area (Å²) in [6, 6.07) is 7.23. The average molecular weight is 317 g/mol. The van der Waals surface area contributed by atoms with Gasteiger partial charge in [0.25, 0.3) is 5.91 Å². The van der Waals surface area contributed by atoms with Gasteiger partial charge in [0.05, 0.1) is 12.1 Å². The summed E-state index contributed by atoms with van der Waals surface area (Å²) in [4.78, 5) is 25.7. The van der Waals surface area contributed by atoms with Crippen LogP contribution in [0.1, 0.15) is 15.9 Å². The van der Waals surface area contributed by atoms with Crippen molar-refractivity contribution in [3.63, 3.8) is 0 Å². The second-order valence-corrected chi connectivity index (χ2v) is 6.06. The van der Waals surface area contributed by atoms with E-state index in [1.807, 2.05) is 38.5 Å². The monoisotopic (exact) mass is 317 g/mol. The fourth-order valence-electron chi connectivity index (χ4n) is 1.91. The number of anilines is 2. The molecule has 0 bridgehead atoms. The zero-order chi connectivity index (χ0) is 16.1. The van der Waals surface area contributed by atoms with Crippen molar-refractivity contribution in [3.05, 3.63) is 46.2 Å². The van der Waals surface area contributed by atoms with E-state index in [-0.39, 0.29) is 11.8 Å². The van der Waals surface area contributed by atoms with Gasteiger partial charge in [0, 0.05) is 16.8 Å². The highest BCUT2D eigenvalue weighted by Crippen LogP contribution is 2.21. The van der Waals surface area contributed by atoms with Crippen LogP contribution in [0.5, 0.6) is 0 Å². The molecule has 0 aliphatic carbocycles. The first-order valence-electron chi connectivity index (χ1n) is 6.84. The number of hydrogen-bond acceptors (Lipinski definition) is 4. The molecule has 2 aromatic rings. The highest BCUT2D eigenvalue weighted by molar-refractivity contribution is 7.08. The van der Waals surface area contributed by atoms with Gasteiger partial charge in [-0.3, -0.25) is 9.59 Å². The van der Waals surface area contributed by atoms with E-state index in [4.69, 9.17) is 0 Å². The number of nitrogens with zero attached hydrogens (tertiary/aromatic N) is 1. The van der Waals surface area contributed by atoms with E-state index in [1.54, 1.807) is 22.4 Å². The molecule has 1 aromatic carbocycles. The quantitative estimate of drug-likeness (QED) is 0.891. The predicted molar refractivity (Wildman–Crippen MR) is 90.6 cm³/mol. The molecular weight excluding hydrogens is 298 g/mol. The van der Waals surface area contributed by atoms with Crippen molar-refractivity contribution in [2.75, 3.05) is 31.3 Å². The molecular formula is C16H19N3O2S. The maximum Gasteiger partial charge on any atom is 0.256 e. The van der Waals surface area contributed by atoms with Crippen LogP contribution in [0.3, 0.4) is 0 Å². The van der Waals surface area contributed by atoms with E-state index in [0.717, 1.165) is 5.56 Å². The summed E-state index contributed by atoms with van der Waals surface area (Å²) in [5.74, 6) is -0.245. The Bertz CT molecular complexity index is 666. The van der Waals surface area contributed by atoms with Crippen molar-refractivity contribution in [1.82, 2.24) is 4.90 Å². The molecule has 5 nitrogen and oxygen atoms in total. The van der Waals surface area contributed by atoms with Gasteiger partial charge in [0.2, 0.25) is 5.91 Å². The number of carbonyl (C=O) groups excluding carboxylic acids is 2.